The molecule has 1 saturated heterocycles. The summed E-state index contributed by atoms with van der Waals surface area (Å²) in [4.78, 5) is 16.1. The van der Waals surface area contributed by atoms with E-state index in [0.29, 0.717) is 29.4 Å². The zero-order chi connectivity index (χ0) is 15.6. The molecule has 23 heavy (non-hydrogen) atoms. The van der Waals surface area contributed by atoms with E-state index in [-0.39, 0.29) is 18.8 Å². The van der Waals surface area contributed by atoms with Crippen LogP contribution in [0, 0.1) is 0 Å². The van der Waals surface area contributed by atoms with E-state index < -0.39 is 5.91 Å². The number of nitrogens with zero attached hydrogens (tertiary/aromatic N) is 2. The van der Waals surface area contributed by atoms with Gasteiger partial charge in [-0.15, -0.1) is 0 Å². The van der Waals surface area contributed by atoms with Gasteiger partial charge in [0.15, 0.2) is 11.5 Å². The predicted molar refractivity (Wildman–Crippen MR) is 77.2 cm³/mol. The summed E-state index contributed by atoms with van der Waals surface area (Å²) in [5.74, 6) is 1.14. The largest absolute Gasteiger partial charge is 0.454 e. The summed E-state index contributed by atoms with van der Waals surface area (Å²) in [6.07, 6.45) is 2.04. The number of rotatable bonds is 4. The molecule has 0 aliphatic carbocycles. The van der Waals surface area contributed by atoms with E-state index in [1.54, 1.807) is 18.2 Å². The average molecular weight is 317 g/mol. The fraction of sp³-hybridized carbons (Fsp3) is 0.400. The van der Waals surface area contributed by atoms with Gasteiger partial charge in [-0.25, -0.2) is 0 Å². The highest BCUT2D eigenvalue weighted by molar-refractivity contribution is 5.89. The first kappa shape index (κ1) is 14.0. The summed E-state index contributed by atoms with van der Waals surface area (Å²) in [5, 5.41) is 6.58. The lowest BCUT2D eigenvalue weighted by atomic mass is 10.2. The van der Waals surface area contributed by atoms with Gasteiger partial charge < -0.3 is 24.1 Å². The molecular weight excluding hydrogens is 302 g/mol. The van der Waals surface area contributed by atoms with Crippen LogP contribution in [0.15, 0.2) is 22.7 Å². The molecule has 1 aromatic carbocycles. The lowest BCUT2D eigenvalue weighted by molar-refractivity contribution is 0.0822. The van der Waals surface area contributed by atoms with Gasteiger partial charge in [-0.1, -0.05) is 5.16 Å². The van der Waals surface area contributed by atoms with Crippen molar-refractivity contribution in [3.05, 3.63) is 24.1 Å². The minimum absolute atomic E-state index is 0.0650. The van der Waals surface area contributed by atoms with E-state index in [0.717, 1.165) is 19.4 Å². The van der Waals surface area contributed by atoms with Gasteiger partial charge in [0.25, 0.3) is 0 Å². The molecule has 3 heterocycles. The molecule has 1 amide bonds. The second-order valence-corrected chi connectivity index (χ2v) is 5.34. The third-order valence-corrected chi connectivity index (χ3v) is 3.77. The Labute approximate surface area is 131 Å². The van der Waals surface area contributed by atoms with E-state index in [2.05, 4.69) is 15.5 Å². The van der Waals surface area contributed by atoms with Crippen molar-refractivity contribution >= 4 is 5.91 Å². The van der Waals surface area contributed by atoms with Crippen LogP contribution in [0.25, 0.3) is 11.4 Å². The number of aromatic nitrogens is 2. The van der Waals surface area contributed by atoms with Crippen LogP contribution in [0.3, 0.4) is 0 Å². The molecule has 8 nitrogen and oxygen atoms in total. The van der Waals surface area contributed by atoms with Crippen LogP contribution in [-0.4, -0.2) is 42.1 Å². The van der Waals surface area contributed by atoms with Gasteiger partial charge in [0, 0.05) is 18.7 Å². The van der Waals surface area contributed by atoms with E-state index in [4.69, 9.17) is 18.7 Å². The van der Waals surface area contributed by atoms with Crippen LogP contribution in [0.1, 0.15) is 23.5 Å². The van der Waals surface area contributed by atoms with E-state index >= 15 is 0 Å². The number of amides is 1. The molecule has 0 radical (unpaired) electrons. The van der Waals surface area contributed by atoms with Crippen molar-refractivity contribution < 1.29 is 23.5 Å². The molecule has 120 valence electrons. The highest BCUT2D eigenvalue weighted by Crippen LogP contribution is 2.35. The van der Waals surface area contributed by atoms with Gasteiger partial charge in [-0.05, 0) is 31.0 Å². The van der Waals surface area contributed by atoms with Crippen molar-refractivity contribution in [2.45, 2.75) is 18.9 Å². The maximum atomic E-state index is 12.0. The lowest BCUT2D eigenvalue weighted by Gasteiger charge is -2.08. The van der Waals surface area contributed by atoms with Gasteiger partial charge in [0.05, 0.1) is 6.10 Å². The van der Waals surface area contributed by atoms with Crippen LogP contribution < -0.4 is 14.8 Å². The van der Waals surface area contributed by atoms with Crippen molar-refractivity contribution in [3.8, 4) is 22.9 Å². The first-order chi connectivity index (χ1) is 11.3. The van der Waals surface area contributed by atoms with Gasteiger partial charge >= 0.3 is 11.8 Å². The number of hydrogen-bond acceptors (Lipinski definition) is 7. The number of carbonyl (C=O) groups is 1. The van der Waals surface area contributed by atoms with Crippen molar-refractivity contribution in [1.82, 2.24) is 15.5 Å². The van der Waals surface area contributed by atoms with Gasteiger partial charge in [0.2, 0.25) is 12.6 Å². The molecule has 1 fully saturated rings. The molecule has 0 spiro atoms. The first-order valence-corrected chi connectivity index (χ1v) is 7.43. The normalized spacial score (nSPS) is 19.0. The number of carbonyl (C=O) groups excluding carboxylic acids is 1. The number of benzene rings is 1. The van der Waals surface area contributed by atoms with E-state index in [1.807, 2.05) is 0 Å². The molecule has 0 saturated carbocycles. The van der Waals surface area contributed by atoms with Gasteiger partial charge in [-0.3, -0.25) is 4.79 Å². The van der Waals surface area contributed by atoms with E-state index in [1.165, 1.54) is 0 Å². The molecule has 1 N–H and O–H groups in total. The van der Waals surface area contributed by atoms with Crippen LogP contribution in [0.4, 0.5) is 0 Å². The Morgan fingerprint density at radius 3 is 3.09 bits per heavy atom. The van der Waals surface area contributed by atoms with Gasteiger partial charge in [0.1, 0.15) is 0 Å². The van der Waals surface area contributed by atoms with Gasteiger partial charge in [-0.2, -0.15) is 4.98 Å². The Morgan fingerprint density at radius 2 is 2.22 bits per heavy atom. The Balaban J connectivity index is 1.44. The minimum atomic E-state index is -0.403. The highest BCUT2D eigenvalue weighted by atomic mass is 16.7. The molecule has 1 atom stereocenters. The topological polar surface area (TPSA) is 95.7 Å². The number of ether oxygens (including phenoxy) is 3. The summed E-state index contributed by atoms with van der Waals surface area (Å²) >= 11 is 0. The van der Waals surface area contributed by atoms with Crippen molar-refractivity contribution in [2.24, 2.45) is 0 Å². The summed E-state index contributed by atoms with van der Waals surface area (Å²) < 4.78 is 21.0. The molecule has 0 bridgehead atoms. The van der Waals surface area contributed by atoms with E-state index in [9.17, 15) is 4.79 Å². The molecule has 8 heteroatoms. The number of hydrogen-bond donors (Lipinski definition) is 1. The summed E-state index contributed by atoms with van der Waals surface area (Å²) in [5.41, 5.74) is 0.691. The zero-order valence-corrected chi connectivity index (χ0v) is 12.3. The molecule has 0 unspecified atom stereocenters. The maximum Gasteiger partial charge on any atom is 0.316 e. The summed E-state index contributed by atoms with van der Waals surface area (Å²) in [6.45, 7) is 1.39. The fourth-order valence-corrected chi connectivity index (χ4v) is 2.56. The predicted octanol–water partition coefficient (Wildman–Crippen LogP) is 1.37. The zero-order valence-electron chi connectivity index (χ0n) is 12.3. The molecule has 2 aromatic rings. The van der Waals surface area contributed by atoms with Crippen molar-refractivity contribution in [3.63, 3.8) is 0 Å². The van der Waals surface area contributed by atoms with Crippen LogP contribution >= 0.6 is 0 Å². The maximum absolute atomic E-state index is 12.0. The molecule has 4 rings (SSSR count). The summed E-state index contributed by atoms with van der Waals surface area (Å²) in [7, 11) is 0. The standard InChI is InChI=1S/C15H15N3O5/c19-14(16-7-10-2-1-5-20-10)15-17-13(18-23-15)9-3-4-11-12(6-9)22-8-21-11/h3-4,6,10H,1-2,5,7-8H2,(H,16,19)/t10-/m1/s1. The van der Waals surface area contributed by atoms with Crippen molar-refractivity contribution in [1.29, 1.82) is 0 Å². The highest BCUT2D eigenvalue weighted by Gasteiger charge is 2.21. The lowest BCUT2D eigenvalue weighted by Crippen LogP contribution is -2.31. The first-order valence-electron chi connectivity index (χ1n) is 7.43. The molecular formula is C15H15N3O5. The summed E-state index contributed by atoms with van der Waals surface area (Å²) in [6, 6.07) is 5.30. The Kier molecular flexibility index (Phi) is 3.58. The molecule has 2 aliphatic rings. The molecule has 2 aliphatic heterocycles. The number of fused-ring (bicyclic) bond motifs is 1. The number of nitrogens with one attached hydrogen (secondary N) is 1. The van der Waals surface area contributed by atoms with Crippen LogP contribution in [0.5, 0.6) is 11.5 Å². The molecule has 1 aromatic heterocycles. The smallest absolute Gasteiger partial charge is 0.316 e. The monoisotopic (exact) mass is 317 g/mol. The van der Waals surface area contributed by atoms with Crippen LogP contribution in [0.2, 0.25) is 0 Å². The SMILES string of the molecule is O=C(NC[C@H]1CCCO1)c1nc(-c2ccc3c(c2)OCO3)no1. The third-order valence-electron chi connectivity index (χ3n) is 3.77. The minimum Gasteiger partial charge on any atom is -0.454 e. The Hall–Kier alpha value is -2.61. The van der Waals surface area contributed by atoms with Crippen molar-refractivity contribution in [2.75, 3.05) is 19.9 Å². The Bertz CT molecular complexity index is 724. The van der Waals surface area contributed by atoms with Crippen LogP contribution in [-0.2, 0) is 4.74 Å². The fourth-order valence-electron chi connectivity index (χ4n) is 2.56. The quantitative estimate of drug-likeness (QED) is 0.910. The average Bonchev–Trinajstić information content (AvgIpc) is 3.32. The second-order valence-electron chi connectivity index (χ2n) is 5.34. The Morgan fingerprint density at radius 1 is 1.30 bits per heavy atom. The second kappa shape index (κ2) is 5.88. The third kappa shape index (κ3) is 2.85.